The van der Waals surface area contributed by atoms with Gasteiger partial charge in [-0.05, 0) is 41.8 Å². The average molecular weight is 503 g/mol. The summed E-state index contributed by atoms with van der Waals surface area (Å²) in [6.45, 7) is 1.38. The summed E-state index contributed by atoms with van der Waals surface area (Å²) in [5, 5.41) is 10.5. The van der Waals surface area contributed by atoms with Gasteiger partial charge in [-0.1, -0.05) is 30.3 Å². The van der Waals surface area contributed by atoms with E-state index in [0.29, 0.717) is 18.7 Å². The number of guanidine groups is 1. The summed E-state index contributed by atoms with van der Waals surface area (Å²) in [6, 6.07) is 17.8. The highest BCUT2D eigenvalue weighted by molar-refractivity contribution is 14.0. The van der Waals surface area contributed by atoms with Gasteiger partial charge in [-0.15, -0.1) is 24.0 Å². The van der Waals surface area contributed by atoms with Crippen LogP contribution in [0.5, 0.6) is 0 Å². The summed E-state index contributed by atoms with van der Waals surface area (Å²) in [7, 11) is 3.39. The first kappa shape index (κ1) is 22.6. The van der Waals surface area contributed by atoms with Crippen molar-refractivity contribution in [2.75, 3.05) is 20.6 Å². The number of hydrogen-bond acceptors (Lipinski definition) is 3. The second kappa shape index (κ2) is 11.4. The molecule has 0 saturated heterocycles. The fourth-order valence-corrected chi connectivity index (χ4v) is 3.05. The van der Waals surface area contributed by atoms with E-state index in [1.54, 1.807) is 14.1 Å². The Morgan fingerprint density at radius 3 is 2.69 bits per heavy atom. The largest absolute Gasteiger partial charge is 0.356 e. The van der Waals surface area contributed by atoms with Gasteiger partial charge in [-0.25, -0.2) is 0 Å². The number of hydrogen-bond donors (Lipinski definition) is 3. The van der Waals surface area contributed by atoms with Crippen molar-refractivity contribution in [3.63, 3.8) is 0 Å². The van der Waals surface area contributed by atoms with Crippen LogP contribution in [0.25, 0.3) is 10.9 Å². The molecule has 0 spiro atoms. The number of carbonyl (C=O) groups excluding carboxylic acids is 1. The number of amides is 1. The molecular formula is C22H26IN5O. The highest BCUT2D eigenvalue weighted by Crippen LogP contribution is 2.15. The Labute approximate surface area is 188 Å². The van der Waals surface area contributed by atoms with Crippen molar-refractivity contribution in [1.82, 2.24) is 20.9 Å². The third kappa shape index (κ3) is 6.15. The zero-order valence-electron chi connectivity index (χ0n) is 16.6. The summed E-state index contributed by atoms with van der Waals surface area (Å²) in [5.74, 6) is 0.667. The van der Waals surface area contributed by atoms with Crippen LogP contribution in [0.2, 0.25) is 0 Å². The van der Waals surface area contributed by atoms with E-state index in [1.165, 1.54) is 5.56 Å². The molecule has 1 amide bonds. The second-order valence-electron chi connectivity index (χ2n) is 6.37. The zero-order chi connectivity index (χ0) is 19.8. The number of fused-ring (bicyclic) bond motifs is 1. The van der Waals surface area contributed by atoms with Crippen LogP contribution in [-0.2, 0) is 13.0 Å². The van der Waals surface area contributed by atoms with Crippen LogP contribution in [-0.4, -0.2) is 37.5 Å². The molecule has 0 atom stereocenters. The molecule has 0 radical (unpaired) electrons. The van der Waals surface area contributed by atoms with Crippen molar-refractivity contribution in [2.24, 2.45) is 4.99 Å². The maximum absolute atomic E-state index is 11.7. The van der Waals surface area contributed by atoms with Gasteiger partial charge in [-0.3, -0.25) is 14.8 Å². The summed E-state index contributed by atoms with van der Waals surface area (Å²) in [4.78, 5) is 20.4. The van der Waals surface area contributed by atoms with Gasteiger partial charge in [-0.2, -0.15) is 0 Å². The lowest BCUT2D eigenvalue weighted by atomic mass is 10.1. The van der Waals surface area contributed by atoms with Crippen LogP contribution >= 0.6 is 24.0 Å². The average Bonchev–Trinajstić information content (AvgIpc) is 2.75. The predicted octanol–water partition coefficient (Wildman–Crippen LogP) is 3.12. The predicted molar refractivity (Wildman–Crippen MR) is 129 cm³/mol. The molecule has 0 saturated carbocycles. The number of aromatic nitrogens is 1. The Kier molecular flexibility index (Phi) is 8.85. The minimum Gasteiger partial charge on any atom is -0.356 e. The fraction of sp³-hybridized carbons (Fsp3) is 0.227. The first-order valence-electron chi connectivity index (χ1n) is 9.29. The normalized spacial score (nSPS) is 10.9. The van der Waals surface area contributed by atoms with Crippen LogP contribution in [0.15, 0.2) is 65.8 Å². The van der Waals surface area contributed by atoms with Crippen molar-refractivity contribution in [2.45, 2.75) is 13.0 Å². The number of aliphatic imine (C=N–C) groups is 1. The van der Waals surface area contributed by atoms with E-state index in [4.69, 9.17) is 0 Å². The Morgan fingerprint density at radius 2 is 1.90 bits per heavy atom. The van der Waals surface area contributed by atoms with Gasteiger partial charge in [0.2, 0.25) is 0 Å². The topological polar surface area (TPSA) is 78.4 Å². The maximum atomic E-state index is 11.7. The monoisotopic (exact) mass is 503 g/mol. The van der Waals surface area contributed by atoms with E-state index in [1.807, 2.05) is 54.7 Å². The van der Waals surface area contributed by atoms with Crippen molar-refractivity contribution >= 4 is 46.7 Å². The third-order valence-electron chi connectivity index (χ3n) is 4.53. The Balaban J connectivity index is 0.00000300. The van der Waals surface area contributed by atoms with Crippen LogP contribution in [0.4, 0.5) is 0 Å². The molecule has 0 aliphatic carbocycles. The summed E-state index contributed by atoms with van der Waals surface area (Å²) in [6.07, 6.45) is 2.62. The van der Waals surface area contributed by atoms with E-state index in [9.17, 15) is 4.79 Å². The molecule has 0 unspecified atom stereocenters. The summed E-state index contributed by atoms with van der Waals surface area (Å²) in [5.41, 5.74) is 3.93. The lowest BCUT2D eigenvalue weighted by molar-refractivity contribution is 0.0963. The van der Waals surface area contributed by atoms with Gasteiger partial charge < -0.3 is 16.0 Å². The molecule has 3 aromatic rings. The molecule has 29 heavy (non-hydrogen) atoms. The van der Waals surface area contributed by atoms with Crippen LogP contribution in [0.3, 0.4) is 0 Å². The number of halogens is 1. The van der Waals surface area contributed by atoms with Crippen molar-refractivity contribution in [3.05, 3.63) is 77.5 Å². The van der Waals surface area contributed by atoms with Crippen molar-refractivity contribution < 1.29 is 4.79 Å². The van der Waals surface area contributed by atoms with E-state index < -0.39 is 0 Å². The van der Waals surface area contributed by atoms with Gasteiger partial charge in [0.1, 0.15) is 0 Å². The Morgan fingerprint density at radius 1 is 1.07 bits per heavy atom. The maximum Gasteiger partial charge on any atom is 0.251 e. The number of nitrogens with one attached hydrogen (secondary N) is 3. The Hall–Kier alpha value is -2.68. The van der Waals surface area contributed by atoms with Gasteiger partial charge in [0.15, 0.2) is 5.96 Å². The van der Waals surface area contributed by atoms with Crippen LogP contribution < -0.4 is 16.0 Å². The van der Waals surface area contributed by atoms with E-state index in [-0.39, 0.29) is 29.9 Å². The lowest BCUT2D eigenvalue weighted by Crippen LogP contribution is -2.37. The van der Waals surface area contributed by atoms with Gasteiger partial charge >= 0.3 is 0 Å². The van der Waals surface area contributed by atoms with Crippen molar-refractivity contribution in [1.29, 1.82) is 0 Å². The first-order chi connectivity index (χ1) is 13.7. The van der Waals surface area contributed by atoms with Crippen LogP contribution in [0.1, 0.15) is 21.5 Å². The molecule has 2 aromatic carbocycles. The zero-order valence-corrected chi connectivity index (χ0v) is 18.9. The number of benzene rings is 2. The molecule has 0 aliphatic rings. The van der Waals surface area contributed by atoms with Crippen molar-refractivity contribution in [3.8, 4) is 0 Å². The van der Waals surface area contributed by atoms with E-state index >= 15 is 0 Å². The molecule has 1 aromatic heterocycles. The lowest BCUT2D eigenvalue weighted by Gasteiger charge is -2.13. The molecule has 0 fully saturated rings. The second-order valence-corrected chi connectivity index (χ2v) is 6.37. The van der Waals surface area contributed by atoms with E-state index in [0.717, 1.165) is 28.8 Å². The minimum absolute atomic E-state index is 0. The molecular weight excluding hydrogens is 477 g/mol. The number of pyridine rings is 1. The fourth-order valence-electron chi connectivity index (χ4n) is 3.05. The number of rotatable bonds is 6. The number of nitrogens with zero attached hydrogens (tertiary/aromatic N) is 2. The minimum atomic E-state index is -0.0723. The quantitative estimate of drug-likeness (QED) is 0.275. The molecule has 0 aliphatic heterocycles. The molecule has 7 heteroatoms. The molecule has 1 heterocycles. The number of carbonyl (C=O) groups is 1. The molecule has 152 valence electrons. The van der Waals surface area contributed by atoms with Gasteiger partial charge in [0.05, 0.1) is 5.52 Å². The third-order valence-corrected chi connectivity index (χ3v) is 4.53. The first-order valence-corrected chi connectivity index (χ1v) is 9.29. The van der Waals surface area contributed by atoms with Gasteiger partial charge in [0, 0.05) is 44.3 Å². The van der Waals surface area contributed by atoms with Crippen LogP contribution in [0, 0.1) is 0 Å². The molecule has 6 nitrogen and oxygen atoms in total. The Bertz CT molecular complexity index is 984. The molecule has 3 N–H and O–H groups in total. The van der Waals surface area contributed by atoms with E-state index in [2.05, 4.69) is 32.0 Å². The SMILES string of the molecule is CN=C(NCCc1cccc(C(=O)NC)c1)NCc1ccnc2ccccc12.I. The number of para-hydroxylation sites is 1. The smallest absolute Gasteiger partial charge is 0.251 e. The standard InChI is InChI=1S/C22H25N5O.HI/c1-23-21(28)17-7-5-6-16(14-17)10-12-26-22(24-2)27-15-18-11-13-25-20-9-4-3-8-19(18)20;/h3-9,11,13-14H,10,12,15H2,1-2H3,(H,23,28)(H2,24,26,27);1H. The molecule has 3 rings (SSSR count). The summed E-state index contributed by atoms with van der Waals surface area (Å²) >= 11 is 0. The molecule has 0 bridgehead atoms. The highest BCUT2D eigenvalue weighted by atomic mass is 127. The van der Waals surface area contributed by atoms with Gasteiger partial charge in [0.25, 0.3) is 5.91 Å². The highest BCUT2D eigenvalue weighted by Gasteiger charge is 2.05. The summed E-state index contributed by atoms with van der Waals surface area (Å²) < 4.78 is 0.